The Bertz CT molecular complexity index is 222. The second-order valence-corrected chi connectivity index (χ2v) is 5.02. The van der Waals surface area contributed by atoms with Crippen molar-refractivity contribution in [3.05, 3.63) is 0 Å². The van der Waals surface area contributed by atoms with Gasteiger partial charge >= 0.3 is 6.03 Å². The van der Waals surface area contributed by atoms with Crippen molar-refractivity contribution >= 4 is 6.03 Å². The molecule has 94 valence electrons. The summed E-state index contributed by atoms with van der Waals surface area (Å²) in [6, 6.07) is 0.849. The molecule has 1 aliphatic rings. The second kappa shape index (κ2) is 6.09. The van der Waals surface area contributed by atoms with Crippen LogP contribution in [0, 0.1) is 5.92 Å². The fourth-order valence-electron chi connectivity index (χ4n) is 2.35. The van der Waals surface area contributed by atoms with Crippen molar-refractivity contribution < 1.29 is 4.79 Å². The number of nitrogens with one attached hydrogen (secondary N) is 1. The van der Waals surface area contributed by atoms with E-state index in [1.807, 2.05) is 0 Å². The number of likely N-dealkylation sites (tertiary alicyclic amines) is 1. The number of amides is 2. The second-order valence-electron chi connectivity index (χ2n) is 5.02. The van der Waals surface area contributed by atoms with Gasteiger partial charge in [-0.15, -0.1) is 0 Å². The zero-order valence-electron chi connectivity index (χ0n) is 10.7. The van der Waals surface area contributed by atoms with Gasteiger partial charge in [-0.2, -0.15) is 0 Å². The van der Waals surface area contributed by atoms with Crippen molar-refractivity contribution in [3.63, 3.8) is 0 Å². The Labute approximate surface area is 98.6 Å². The molecule has 1 heterocycles. The first-order valence-corrected chi connectivity index (χ1v) is 6.35. The Kier molecular flexibility index (Phi) is 5.06. The number of nitrogens with two attached hydrogens (primary N) is 1. The van der Waals surface area contributed by atoms with Crippen molar-refractivity contribution in [2.45, 2.75) is 52.1 Å². The number of piperidine rings is 1. The molecule has 0 aliphatic carbocycles. The number of hydrogen-bond acceptors (Lipinski definition) is 2. The summed E-state index contributed by atoms with van der Waals surface area (Å²) < 4.78 is 0. The number of nitrogens with zero attached hydrogens (tertiary/aromatic N) is 1. The zero-order valence-corrected chi connectivity index (χ0v) is 10.7. The van der Waals surface area contributed by atoms with E-state index >= 15 is 0 Å². The highest BCUT2D eigenvalue weighted by molar-refractivity contribution is 5.72. The number of urea groups is 1. The molecule has 1 saturated heterocycles. The smallest absolute Gasteiger partial charge is 0.314 e. The van der Waals surface area contributed by atoms with Crippen LogP contribution in [0.3, 0.4) is 0 Å². The summed E-state index contributed by atoms with van der Waals surface area (Å²) in [5.74, 6) is 0.666. The molecule has 1 rings (SSSR count). The minimum Gasteiger partial charge on any atom is -0.351 e. The van der Waals surface area contributed by atoms with E-state index in [4.69, 9.17) is 5.73 Å². The van der Waals surface area contributed by atoms with Gasteiger partial charge < -0.3 is 16.0 Å². The first-order valence-electron chi connectivity index (χ1n) is 6.35. The molecule has 4 heteroatoms. The van der Waals surface area contributed by atoms with Gasteiger partial charge in [0.25, 0.3) is 0 Å². The monoisotopic (exact) mass is 227 g/mol. The molecule has 1 atom stereocenters. The molecule has 1 aliphatic heterocycles. The van der Waals surface area contributed by atoms with E-state index in [-0.39, 0.29) is 6.03 Å². The molecule has 4 nitrogen and oxygen atoms in total. The average Bonchev–Trinajstić information content (AvgIpc) is 2.26. The third-order valence-electron chi connectivity index (χ3n) is 3.50. The Morgan fingerprint density at radius 3 is 2.38 bits per heavy atom. The highest BCUT2D eigenvalue weighted by Gasteiger charge is 2.23. The maximum atomic E-state index is 11.0. The lowest BCUT2D eigenvalue weighted by Crippen LogP contribution is -2.50. The van der Waals surface area contributed by atoms with Gasteiger partial charge in [0.15, 0.2) is 0 Å². The van der Waals surface area contributed by atoms with Crippen LogP contribution in [-0.2, 0) is 0 Å². The predicted octanol–water partition coefficient (Wildman–Crippen LogP) is 1.55. The van der Waals surface area contributed by atoms with Crippen LogP contribution >= 0.6 is 0 Å². The van der Waals surface area contributed by atoms with Crippen molar-refractivity contribution in [2.75, 3.05) is 13.1 Å². The minimum atomic E-state index is -0.283. The normalized spacial score (nSPS) is 20.1. The maximum Gasteiger partial charge on any atom is 0.314 e. The van der Waals surface area contributed by atoms with Crippen molar-refractivity contribution in [2.24, 2.45) is 11.7 Å². The van der Waals surface area contributed by atoms with Gasteiger partial charge in [0.1, 0.15) is 0 Å². The number of hydrogen-bond donors (Lipinski definition) is 2. The Hall–Kier alpha value is -0.770. The van der Waals surface area contributed by atoms with Crippen LogP contribution in [0.5, 0.6) is 0 Å². The topological polar surface area (TPSA) is 58.4 Å². The highest BCUT2D eigenvalue weighted by Crippen LogP contribution is 2.14. The third kappa shape index (κ3) is 3.67. The van der Waals surface area contributed by atoms with Crippen molar-refractivity contribution in [1.29, 1.82) is 0 Å². The first-order chi connectivity index (χ1) is 7.54. The standard InChI is InChI=1S/C12H25N3O/c1-4-11(9(2)3)14-10-5-7-15(8-6-10)12(13)16/h9-11,14H,4-8H2,1-3H3,(H2,13,16). The molecule has 0 bridgehead atoms. The van der Waals surface area contributed by atoms with E-state index in [2.05, 4.69) is 26.1 Å². The number of primary amides is 1. The Balaban J connectivity index is 2.33. The molecule has 0 spiro atoms. The fraction of sp³-hybridized carbons (Fsp3) is 0.917. The molecular formula is C12H25N3O. The van der Waals surface area contributed by atoms with E-state index in [0.717, 1.165) is 32.4 Å². The largest absolute Gasteiger partial charge is 0.351 e. The molecule has 1 fully saturated rings. The summed E-state index contributed by atoms with van der Waals surface area (Å²) >= 11 is 0. The zero-order chi connectivity index (χ0) is 12.1. The van der Waals surface area contributed by atoms with Crippen LogP contribution in [0.2, 0.25) is 0 Å². The van der Waals surface area contributed by atoms with E-state index in [1.165, 1.54) is 0 Å². The lowest BCUT2D eigenvalue weighted by molar-refractivity contribution is 0.178. The number of rotatable bonds is 4. The van der Waals surface area contributed by atoms with Gasteiger partial charge in [0, 0.05) is 25.2 Å². The van der Waals surface area contributed by atoms with Gasteiger partial charge in [0.2, 0.25) is 0 Å². The van der Waals surface area contributed by atoms with Gasteiger partial charge in [-0.05, 0) is 25.2 Å². The van der Waals surface area contributed by atoms with Gasteiger partial charge in [0.05, 0.1) is 0 Å². The van der Waals surface area contributed by atoms with Crippen LogP contribution in [-0.4, -0.2) is 36.1 Å². The van der Waals surface area contributed by atoms with Crippen LogP contribution in [0.4, 0.5) is 4.79 Å². The Morgan fingerprint density at radius 2 is 2.00 bits per heavy atom. The van der Waals surface area contributed by atoms with E-state index in [0.29, 0.717) is 18.0 Å². The SMILES string of the molecule is CCC(NC1CCN(C(N)=O)CC1)C(C)C. The van der Waals surface area contributed by atoms with Crippen molar-refractivity contribution in [1.82, 2.24) is 10.2 Å². The molecule has 0 radical (unpaired) electrons. The van der Waals surface area contributed by atoms with Gasteiger partial charge in [-0.25, -0.2) is 4.79 Å². The lowest BCUT2D eigenvalue weighted by atomic mass is 9.97. The minimum absolute atomic E-state index is 0.283. The number of carbonyl (C=O) groups is 1. The molecular weight excluding hydrogens is 202 g/mol. The summed E-state index contributed by atoms with van der Waals surface area (Å²) in [4.78, 5) is 12.7. The molecule has 16 heavy (non-hydrogen) atoms. The molecule has 1 unspecified atom stereocenters. The molecule has 0 aromatic carbocycles. The quantitative estimate of drug-likeness (QED) is 0.765. The molecule has 2 amide bonds. The highest BCUT2D eigenvalue weighted by atomic mass is 16.2. The fourth-order valence-corrected chi connectivity index (χ4v) is 2.35. The molecule has 0 aromatic rings. The van der Waals surface area contributed by atoms with Gasteiger partial charge in [-0.3, -0.25) is 0 Å². The molecule has 3 N–H and O–H groups in total. The van der Waals surface area contributed by atoms with Gasteiger partial charge in [-0.1, -0.05) is 20.8 Å². The van der Waals surface area contributed by atoms with E-state index in [9.17, 15) is 4.79 Å². The summed E-state index contributed by atoms with van der Waals surface area (Å²) in [7, 11) is 0. The number of carbonyl (C=O) groups excluding carboxylic acids is 1. The average molecular weight is 227 g/mol. The third-order valence-corrected chi connectivity index (χ3v) is 3.50. The van der Waals surface area contributed by atoms with E-state index in [1.54, 1.807) is 4.90 Å². The lowest BCUT2D eigenvalue weighted by Gasteiger charge is -2.34. The predicted molar refractivity (Wildman–Crippen MR) is 66.2 cm³/mol. The van der Waals surface area contributed by atoms with Crippen LogP contribution in [0.25, 0.3) is 0 Å². The van der Waals surface area contributed by atoms with Crippen LogP contribution < -0.4 is 11.1 Å². The van der Waals surface area contributed by atoms with Crippen LogP contribution in [0.1, 0.15) is 40.0 Å². The first kappa shape index (κ1) is 13.3. The van der Waals surface area contributed by atoms with Crippen LogP contribution in [0.15, 0.2) is 0 Å². The molecule has 0 saturated carbocycles. The molecule has 0 aromatic heterocycles. The van der Waals surface area contributed by atoms with E-state index < -0.39 is 0 Å². The maximum absolute atomic E-state index is 11.0. The summed E-state index contributed by atoms with van der Waals surface area (Å²) in [5.41, 5.74) is 5.25. The summed E-state index contributed by atoms with van der Waals surface area (Å²) in [6.07, 6.45) is 3.20. The summed E-state index contributed by atoms with van der Waals surface area (Å²) in [6.45, 7) is 8.30. The summed E-state index contributed by atoms with van der Waals surface area (Å²) in [5, 5.41) is 3.69. The Morgan fingerprint density at radius 1 is 1.44 bits per heavy atom. The van der Waals surface area contributed by atoms with Crippen molar-refractivity contribution in [3.8, 4) is 0 Å².